The largest absolute Gasteiger partial charge is 0.496 e. The number of carbonyl (C=O) groups excluding carboxylic acids is 1. The van der Waals surface area contributed by atoms with Crippen LogP contribution in [0.4, 0.5) is 0 Å². The molecule has 0 unspecified atom stereocenters. The van der Waals surface area contributed by atoms with Gasteiger partial charge in [0.1, 0.15) is 12.1 Å². The summed E-state index contributed by atoms with van der Waals surface area (Å²) in [5.74, 6) is 1.74. The SMILES string of the molecule is COc1cc(OC)c(OC)cc1CNC(=O)CSc1nncn1-c1ccc(C)c(Cl)c1. The van der Waals surface area contributed by atoms with E-state index in [9.17, 15) is 4.79 Å². The molecule has 0 saturated heterocycles. The van der Waals surface area contributed by atoms with E-state index in [0.717, 1.165) is 16.8 Å². The van der Waals surface area contributed by atoms with E-state index in [0.29, 0.717) is 27.4 Å². The summed E-state index contributed by atoms with van der Waals surface area (Å²) in [5, 5.41) is 12.2. The predicted molar refractivity (Wildman–Crippen MR) is 120 cm³/mol. The molecule has 0 aliphatic heterocycles. The van der Waals surface area contributed by atoms with Crippen molar-refractivity contribution in [3.63, 3.8) is 0 Å². The Morgan fingerprint density at radius 3 is 2.48 bits per heavy atom. The summed E-state index contributed by atoms with van der Waals surface area (Å²) in [7, 11) is 4.67. The van der Waals surface area contributed by atoms with Gasteiger partial charge in [0.25, 0.3) is 0 Å². The van der Waals surface area contributed by atoms with Gasteiger partial charge in [-0.15, -0.1) is 10.2 Å². The van der Waals surface area contributed by atoms with Crippen LogP contribution in [0.3, 0.4) is 0 Å². The molecule has 164 valence electrons. The third-order valence-electron chi connectivity index (χ3n) is 4.55. The Balaban J connectivity index is 1.63. The second kappa shape index (κ2) is 10.4. The normalized spacial score (nSPS) is 10.6. The highest BCUT2D eigenvalue weighted by molar-refractivity contribution is 7.99. The van der Waals surface area contributed by atoms with Crippen molar-refractivity contribution in [1.29, 1.82) is 0 Å². The smallest absolute Gasteiger partial charge is 0.230 e. The van der Waals surface area contributed by atoms with Gasteiger partial charge in [0.15, 0.2) is 16.7 Å². The van der Waals surface area contributed by atoms with Crippen LogP contribution in [0.5, 0.6) is 17.2 Å². The van der Waals surface area contributed by atoms with Crippen molar-refractivity contribution in [2.75, 3.05) is 27.1 Å². The lowest BCUT2D eigenvalue weighted by atomic mass is 10.1. The Bertz CT molecular complexity index is 1070. The molecule has 1 N–H and O–H groups in total. The Labute approximate surface area is 189 Å². The molecule has 3 aromatic rings. The van der Waals surface area contributed by atoms with Crippen LogP contribution in [0.2, 0.25) is 5.02 Å². The van der Waals surface area contributed by atoms with Crippen LogP contribution in [0.15, 0.2) is 41.8 Å². The number of carbonyl (C=O) groups is 1. The number of aromatic nitrogens is 3. The molecule has 8 nitrogen and oxygen atoms in total. The van der Waals surface area contributed by atoms with Crippen LogP contribution in [0.1, 0.15) is 11.1 Å². The molecule has 0 spiro atoms. The fourth-order valence-electron chi connectivity index (χ4n) is 2.84. The molecule has 0 saturated carbocycles. The maximum absolute atomic E-state index is 12.4. The van der Waals surface area contributed by atoms with Gasteiger partial charge in [-0.2, -0.15) is 0 Å². The van der Waals surface area contributed by atoms with Crippen LogP contribution in [0, 0.1) is 6.92 Å². The number of hydrogen-bond acceptors (Lipinski definition) is 7. The first-order valence-corrected chi connectivity index (χ1v) is 10.7. The summed E-state index contributed by atoms with van der Waals surface area (Å²) in [6, 6.07) is 9.20. The molecule has 10 heteroatoms. The molecule has 2 aromatic carbocycles. The van der Waals surface area contributed by atoms with Gasteiger partial charge in [-0.1, -0.05) is 29.4 Å². The van der Waals surface area contributed by atoms with Gasteiger partial charge < -0.3 is 19.5 Å². The highest BCUT2D eigenvalue weighted by Gasteiger charge is 2.14. The Morgan fingerprint density at radius 2 is 1.81 bits per heavy atom. The summed E-state index contributed by atoms with van der Waals surface area (Å²) in [4.78, 5) is 12.4. The first kappa shape index (κ1) is 22.8. The Morgan fingerprint density at radius 1 is 1.10 bits per heavy atom. The molecule has 0 fully saturated rings. The molecule has 31 heavy (non-hydrogen) atoms. The molecule has 1 amide bonds. The van der Waals surface area contributed by atoms with Crippen LogP contribution < -0.4 is 19.5 Å². The van der Waals surface area contributed by atoms with Crippen molar-refractivity contribution in [2.45, 2.75) is 18.6 Å². The monoisotopic (exact) mass is 462 g/mol. The van der Waals surface area contributed by atoms with Crippen LogP contribution in [0.25, 0.3) is 5.69 Å². The summed E-state index contributed by atoms with van der Waals surface area (Å²) < 4.78 is 17.8. The lowest BCUT2D eigenvalue weighted by Gasteiger charge is -2.14. The molecule has 1 heterocycles. The summed E-state index contributed by atoms with van der Waals surface area (Å²) in [5.41, 5.74) is 2.59. The van der Waals surface area contributed by atoms with Crippen molar-refractivity contribution in [3.05, 3.63) is 52.8 Å². The van der Waals surface area contributed by atoms with Gasteiger partial charge in [0.2, 0.25) is 5.91 Å². The zero-order chi connectivity index (χ0) is 22.4. The van der Waals surface area contributed by atoms with Crippen LogP contribution >= 0.6 is 23.4 Å². The average Bonchev–Trinajstić information content (AvgIpc) is 3.26. The lowest BCUT2D eigenvalue weighted by Crippen LogP contribution is -2.25. The number of amides is 1. The van der Waals surface area contributed by atoms with Crippen molar-refractivity contribution < 1.29 is 19.0 Å². The number of halogens is 1. The number of nitrogens with zero attached hydrogens (tertiary/aromatic N) is 3. The zero-order valence-electron chi connectivity index (χ0n) is 17.6. The number of hydrogen-bond donors (Lipinski definition) is 1. The van der Waals surface area contributed by atoms with E-state index in [4.69, 9.17) is 25.8 Å². The Kier molecular flexibility index (Phi) is 7.64. The second-order valence-corrected chi connectivity index (χ2v) is 7.85. The highest BCUT2D eigenvalue weighted by Crippen LogP contribution is 2.34. The maximum Gasteiger partial charge on any atom is 0.230 e. The van der Waals surface area contributed by atoms with Gasteiger partial charge in [-0.05, 0) is 30.7 Å². The minimum absolute atomic E-state index is 0.154. The molecule has 0 aliphatic rings. The number of thioether (sulfide) groups is 1. The number of aryl methyl sites for hydroxylation is 1. The zero-order valence-corrected chi connectivity index (χ0v) is 19.2. The molecular weight excluding hydrogens is 440 g/mol. The standard InChI is InChI=1S/C21H23ClN4O4S/c1-13-5-6-15(8-16(13)22)26-12-24-25-21(26)31-11-20(27)23-10-14-7-18(29-3)19(30-4)9-17(14)28-2/h5-9,12H,10-11H2,1-4H3,(H,23,27). The molecular formula is C21H23ClN4O4S. The summed E-state index contributed by atoms with van der Waals surface area (Å²) >= 11 is 7.51. The third-order valence-corrected chi connectivity index (χ3v) is 5.90. The van der Waals surface area contributed by atoms with E-state index in [1.807, 2.05) is 25.1 Å². The van der Waals surface area contributed by atoms with Crippen molar-refractivity contribution in [2.24, 2.45) is 0 Å². The quantitative estimate of drug-likeness (QED) is 0.485. The van der Waals surface area contributed by atoms with Crippen molar-refractivity contribution in [3.8, 4) is 22.9 Å². The van der Waals surface area contributed by atoms with E-state index >= 15 is 0 Å². The van der Waals surface area contributed by atoms with Crippen LogP contribution in [-0.4, -0.2) is 47.8 Å². The molecule has 0 radical (unpaired) electrons. The molecule has 0 atom stereocenters. The first-order valence-electron chi connectivity index (χ1n) is 9.31. The molecule has 1 aromatic heterocycles. The van der Waals surface area contributed by atoms with E-state index in [2.05, 4.69) is 15.5 Å². The van der Waals surface area contributed by atoms with Gasteiger partial charge in [-0.25, -0.2) is 0 Å². The minimum Gasteiger partial charge on any atom is -0.496 e. The summed E-state index contributed by atoms with van der Waals surface area (Å²) in [6.07, 6.45) is 1.59. The maximum atomic E-state index is 12.4. The molecule has 0 aliphatic carbocycles. The Hall–Kier alpha value is -2.91. The summed E-state index contributed by atoms with van der Waals surface area (Å²) in [6.45, 7) is 2.22. The van der Waals surface area contributed by atoms with E-state index in [-0.39, 0.29) is 18.2 Å². The van der Waals surface area contributed by atoms with Crippen molar-refractivity contribution in [1.82, 2.24) is 20.1 Å². The number of ether oxygens (including phenoxy) is 3. The van der Waals surface area contributed by atoms with Gasteiger partial charge >= 0.3 is 0 Å². The van der Waals surface area contributed by atoms with Gasteiger partial charge in [0.05, 0.1) is 32.8 Å². The third kappa shape index (κ3) is 5.42. The number of rotatable bonds is 9. The fourth-order valence-corrected chi connectivity index (χ4v) is 3.77. The fraction of sp³-hybridized carbons (Fsp3) is 0.286. The van der Waals surface area contributed by atoms with E-state index in [1.54, 1.807) is 44.4 Å². The number of benzene rings is 2. The predicted octanol–water partition coefficient (Wildman–Crippen LogP) is 3.66. The van der Waals surface area contributed by atoms with Crippen LogP contribution in [-0.2, 0) is 11.3 Å². The van der Waals surface area contributed by atoms with Gasteiger partial charge in [0, 0.05) is 23.2 Å². The molecule has 0 bridgehead atoms. The lowest BCUT2D eigenvalue weighted by molar-refractivity contribution is -0.118. The number of methoxy groups -OCH3 is 3. The topological polar surface area (TPSA) is 87.5 Å². The first-order chi connectivity index (χ1) is 15.0. The van der Waals surface area contributed by atoms with E-state index < -0.39 is 0 Å². The van der Waals surface area contributed by atoms with E-state index in [1.165, 1.54) is 11.8 Å². The average molecular weight is 463 g/mol. The number of nitrogens with one attached hydrogen (secondary N) is 1. The minimum atomic E-state index is -0.154. The van der Waals surface area contributed by atoms with Gasteiger partial charge in [-0.3, -0.25) is 9.36 Å². The molecule has 3 rings (SSSR count). The highest BCUT2D eigenvalue weighted by atomic mass is 35.5. The second-order valence-electron chi connectivity index (χ2n) is 6.50. The van der Waals surface area contributed by atoms with Crippen molar-refractivity contribution >= 4 is 29.3 Å².